The minimum Gasteiger partial charge on any atom is -0.494 e. The lowest BCUT2D eigenvalue weighted by Crippen LogP contribution is -2.29. The summed E-state index contributed by atoms with van der Waals surface area (Å²) in [6, 6.07) is 14.1. The molecule has 0 bridgehead atoms. The summed E-state index contributed by atoms with van der Waals surface area (Å²) in [7, 11) is 2.80. The molecule has 0 aromatic heterocycles. The van der Waals surface area contributed by atoms with Gasteiger partial charge < -0.3 is 14.8 Å². The van der Waals surface area contributed by atoms with Crippen LogP contribution in [-0.4, -0.2) is 31.9 Å². The van der Waals surface area contributed by atoms with Crippen molar-refractivity contribution in [3.63, 3.8) is 0 Å². The van der Waals surface area contributed by atoms with Gasteiger partial charge in [0.15, 0.2) is 0 Å². The Hall–Kier alpha value is -3.55. The first kappa shape index (κ1) is 21.7. The number of fused-ring (bicyclic) bond motifs is 1. The van der Waals surface area contributed by atoms with Gasteiger partial charge in [-0.15, -0.1) is 0 Å². The summed E-state index contributed by atoms with van der Waals surface area (Å²) in [5.41, 5.74) is 1.42. The number of halogens is 2. The topological polar surface area (TPSA) is 84.9 Å². The highest BCUT2D eigenvalue weighted by atomic mass is 35.5. The highest BCUT2D eigenvalue weighted by molar-refractivity contribution is 6.37. The number of hydrogen-bond acceptors (Lipinski definition) is 5. The smallest absolute Gasteiger partial charge is 0.266 e. The van der Waals surface area contributed by atoms with Gasteiger partial charge in [-0.05, 0) is 36.4 Å². The minimum atomic E-state index is -0.512. The Morgan fingerprint density at radius 3 is 2.16 bits per heavy atom. The molecule has 9 heteroatoms. The SMILES string of the molecule is COc1cc(NC(=O)c2cc(Cl)cc(Cl)c2OC)ccc1N1C(=O)c2ccccc2C1=O. The molecule has 3 amide bonds. The molecule has 4 rings (SSSR count). The summed E-state index contributed by atoms with van der Waals surface area (Å²) in [6.07, 6.45) is 0. The second kappa shape index (κ2) is 8.53. The normalized spacial score (nSPS) is 12.6. The minimum absolute atomic E-state index is 0.147. The Labute approximate surface area is 193 Å². The maximum Gasteiger partial charge on any atom is 0.266 e. The summed E-state index contributed by atoms with van der Waals surface area (Å²) in [4.78, 5) is 39.5. The number of carbonyl (C=O) groups excluding carboxylic acids is 3. The number of anilines is 2. The van der Waals surface area contributed by atoms with Gasteiger partial charge in [0, 0.05) is 16.8 Å². The summed E-state index contributed by atoms with van der Waals surface area (Å²) < 4.78 is 10.6. The van der Waals surface area contributed by atoms with Gasteiger partial charge in [-0.1, -0.05) is 35.3 Å². The van der Waals surface area contributed by atoms with E-state index >= 15 is 0 Å². The van der Waals surface area contributed by atoms with Gasteiger partial charge >= 0.3 is 0 Å². The number of nitrogens with one attached hydrogen (secondary N) is 1. The molecule has 1 aliphatic heterocycles. The molecule has 0 unspecified atom stereocenters. The van der Waals surface area contributed by atoms with E-state index in [4.69, 9.17) is 32.7 Å². The van der Waals surface area contributed by atoms with Crippen molar-refractivity contribution < 1.29 is 23.9 Å². The highest BCUT2D eigenvalue weighted by Crippen LogP contribution is 2.37. The second-order valence-corrected chi connectivity index (χ2v) is 7.64. The van der Waals surface area contributed by atoms with Crippen LogP contribution in [0.2, 0.25) is 10.0 Å². The lowest BCUT2D eigenvalue weighted by molar-refractivity contribution is 0.0923. The van der Waals surface area contributed by atoms with Gasteiger partial charge in [0.1, 0.15) is 11.5 Å². The van der Waals surface area contributed by atoms with Crippen LogP contribution >= 0.6 is 23.2 Å². The molecule has 0 saturated carbocycles. The average Bonchev–Trinajstić information content (AvgIpc) is 3.03. The van der Waals surface area contributed by atoms with E-state index in [9.17, 15) is 14.4 Å². The third-order valence-electron chi connectivity index (χ3n) is 4.93. The second-order valence-electron chi connectivity index (χ2n) is 6.80. The van der Waals surface area contributed by atoms with Gasteiger partial charge in [-0.3, -0.25) is 14.4 Å². The molecule has 0 saturated heterocycles. The number of ether oxygens (including phenoxy) is 2. The number of carbonyl (C=O) groups is 3. The van der Waals surface area contributed by atoms with Crippen LogP contribution in [0.5, 0.6) is 11.5 Å². The van der Waals surface area contributed by atoms with Crippen molar-refractivity contribution in [2.45, 2.75) is 0 Å². The molecule has 3 aromatic carbocycles. The molecule has 3 aromatic rings. The van der Waals surface area contributed by atoms with Crippen LogP contribution in [0.15, 0.2) is 54.6 Å². The molecule has 0 radical (unpaired) electrons. The van der Waals surface area contributed by atoms with E-state index in [1.807, 2.05) is 0 Å². The van der Waals surface area contributed by atoms with Crippen molar-refractivity contribution in [1.29, 1.82) is 0 Å². The van der Waals surface area contributed by atoms with Crippen molar-refractivity contribution >= 4 is 52.3 Å². The molecule has 1 aliphatic rings. The Morgan fingerprint density at radius 1 is 0.906 bits per heavy atom. The number of hydrogen-bond donors (Lipinski definition) is 1. The summed E-state index contributed by atoms with van der Waals surface area (Å²) in [5, 5.41) is 3.19. The third kappa shape index (κ3) is 3.66. The predicted molar refractivity (Wildman–Crippen MR) is 122 cm³/mol. The number of rotatable bonds is 5. The highest BCUT2D eigenvalue weighted by Gasteiger charge is 2.37. The van der Waals surface area contributed by atoms with Crippen molar-refractivity contribution in [1.82, 2.24) is 0 Å². The van der Waals surface area contributed by atoms with Crippen LogP contribution in [0.25, 0.3) is 0 Å². The molecule has 0 spiro atoms. The first-order valence-corrected chi connectivity index (χ1v) is 10.1. The Morgan fingerprint density at radius 2 is 1.56 bits per heavy atom. The summed E-state index contributed by atoms with van der Waals surface area (Å²) in [6.45, 7) is 0. The quantitative estimate of drug-likeness (QED) is 0.526. The molecule has 162 valence electrons. The van der Waals surface area contributed by atoms with Crippen molar-refractivity contribution in [2.75, 3.05) is 24.4 Å². The molecular formula is C23H16Cl2N2O5. The lowest BCUT2D eigenvalue weighted by Gasteiger charge is -2.18. The molecular weight excluding hydrogens is 455 g/mol. The van der Waals surface area contributed by atoms with E-state index in [2.05, 4.69) is 5.32 Å². The number of imide groups is 1. The van der Waals surface area contributed by atoms with Crippen LogP contribution in [-0.2, 0) is 0 Å². The van der Waals surface area contributed by atoms with E-state index in [0.29, 0.717) is 16.8 Å². The van der Waals surface area contributed by atoms with Crippen LogP contribution in [0.3, 0.4) is 0 Å². The molecule has 1 heterocycles. The molecule has 7 nitrogen and oxygen atoms in total. The number of nitrogens with zero attached hydrogens (tertiary/aromatic N) is 1. The monoisotopic (exact) mass is 470 g/mol. The maximum atomic E-state index is 12.8. The third-order valence-corrected chi connectivity index (χ3v) is 5.43. The van der Waals surface area contributed by atoms with Gasteiger partial charge in [0.2, 0.25) is 0 Å². The van der Waals surface area contributed by atoms with Crippen molar-refractivity contribution in [3.8, 4) is 11.5 Å². The van der Waals surface area contributed by atoms with Gasteiger partial charge in [-0.2, -0.15) is 0 Å². The van der Waals surface area contributed by atoms with E-state index in [0.717, 1.165) is 4.90 Å². The van der Waals surface area contributed by atoms with Crippen LogP contribution in [0, 0.1) is 0 Å². The first-order chi connectivity index (χ1) is 15.3. The number of benzene rings is 3. The zero-order chi connectivity index (χ0) is 23.0. The maximum absolute atomic E-state index is 12.8. The summed E-state index contributed by atoms with van der Waals surface area (Å²) in [5.74, 6) is -0.990. The molecule has 1 N–H and O–H groups in total. The van der Waals surface area contributed by atoms with E-state index in [1.165, 1.54) is 38.5 Å². The fraction of sp³-hybridized carbons (Fsp3) is 0.0870. The molecule has 0 atom stereocenters. The lowest BCUT2D eigenvalue weighted by atomic mass is 10.1. The van der Waals surface area contributed by atoms with E-state index in [-0.39, 0.29) is 32.8 Å². The van der Waals surface area contributed by atoms with Gasteiger partial charge in [0.25, 0.3) is 17.7 Å². The Kier molecular flexibility index (Phi) is 5.78. The van der Waals surface area contributed by atoms with E-state index < -0.39 is 17.7 Å². The predicted octanol–water partition coefficient (Wildman–Crippen LogP) is 5.06. The first-order valence-electron chi connectivity index (χ1n) is 9.36. The van der Waals surface area contributed by atoms with E-state index in [1.54, 1.807) is 30.3 Å². The molecule has 32 heavy (non-hydrogen) atoms. The molecule has 0 fully saturated rings. The number of methoxy groups -OCH3 is 2. The summed E-state index contributed by atoms with van der Waals surface area (Å²) >= 11 is 12.1. The average molecular weight is 471 g/mol. The van der Waals surface area contributed by atoms with Crippen molar-refractivity contribution in [2.24, 2.45) is 0 Å². The molecule has 0 aliphatic carbocycles. The van der Waals surface area contributed by atoms with Gasteiger partial charge in [0.05, 0.1) is 41.6 Å². The largest absolute Gasteiger partial charge is 0.494 e. The van der Waals surface area contributed by atoms with Crippen molar-refractivity contribution in [3.05, 3.63) is 81.3 Å². The van der Waals surface area contributed by atoms with Gasteiger partial charge in [-0.25, -0.2) is 4.90 Å². The van der Waals surface area contributed by atoms with Crippen LogP contribution in [0.1, 0.15) is 31.1 Å². The van der Waals surface area contributed by atoms with Crippen LogP contribution < -0.4 is 19.7 Å². The fourth-order valence-electron chi connectivity index (χ4n) is 3.48. The number of amides is 3. The fourth-order valence-corrected chi connectivity index (χ4v) is 4.05. The Balaban J connectivity index is 1.65. The standard InChI is InChI=1S/C23H16Cl2N2O5/c1-31-19-11-13(26-21(28)16-9-12(24)10-17(25)20(16)32-2)7-8-18(19)27-22(29)14-5-3-4-6-15(14)23(27)30/h3-11H,1-2H3,(H,26,28). The zero-order valence-electron chi connectivity index (χ0n) is 16.9. The zero-order valence-corrected chi connectivity index (χ0v) is 18.5. The van der Waals surface area contributed by atoms with Crippen LogP contribution in [0.4, 0.5) is 11.4 Å². The Bertz CT molecular complexity index is 1240.